The topological polar surface area (TPSA) is 38.0 Å². The molecule has 1 aromatic heterocycles. The molecule has 0 aliphatic heterocycles. The summed E-state index contributed by atoms with van der Waals surface area (Å²) in [5, 5.41) is 15.0. The summed E-state index contributed by atoms with van der Waals surface area (Å²) in [6.45, 7) is 7.03. The van der Waals surface area contributed by atoms with Crippen LogP contribution in [-0.2, 0) is 13.0 Å². The lowest BCUT2D eigenvalue weighted by molar-refractivity contribution is 0.468. The summed E-state index contributed by atoms with van der Waals surface area (Å²) in [4.78, 5) is 0. The minimum Gasteiger partial charge on any atom is -0.504 e. The smallest absolute Gasteiger partial charge is 0.164 e. The van der Waals surface area contributed by atoms with E-state index in [1.807, 2.05) is 16.8 Å². The first-order valence-electron chi connectivity index (χ1n) is 7.03. The van der Waals surface area contributed by atoms with Crippen molar-refractivity contribution in [1.82, 2.24) is 9.78 Å². The maximum Gasteiger partial charge on any atom is 0.164 e. The highest BCUT2D eigenvalue weighted by Crippen LogP contribution is 2.33. The molecule has 0 saturated carbocycles. The first-order valence-corrected chi connectivity index (χ1v) is 7.03. The van der Waals surface area contributed by atoms with Crippen molar-refractivity contribution < 1.29 is 5.11 Å². The Morgan fingerprint density at radius 2 is 2.05 bits per heavy atom. The quantitative estimate of drug-likeness (QED) is 0.882. The third-order valence-corrected chi connectivity index (χ3v) is 3.36. The highest BCUT2D eigenvalue weighted by molar-refractivity contribution is 5.68. The zero-order chi connectivity index (χ0) is 13.8. The third kappa shape index (κ3) is 2.80. The molecule has 0 spiro atoms. The van der Waals surface area contributed by atoms with Crippen molar-refractivity contribution in [2.45, 2.75) is 46.6 Å². The largest absolute Gasteiger partial charge is 0.504 e. The van der Waals surface area contributed by atoms with Crippen LogP contribution in [0.2, 0.25) is 0 Å². The van der Waals surface area contributed by atoms with Crippen molar-refractivity contribution in [2.75, 3.05) is 0 Å². The average Bonchev–Trinajstić information content (AvgIpc) is 2.73. The molecule has 0 saturated heterocycles. The van der Waals surface area contributed by atoms with Crippen LogP contribution in [0, 0.1) is 6.92 Å². The Hall–Kier alpha value is -1.77. The van der Waals surface area contributed by atoms with Crippen LogP contribution in [0.1, 0.15) is 37.9 Å². The molecule has 0 fully saturated rings. The van der Waals surface area contributed by atoms with E-state index in [2.05, 4.69) is 38.0 Å². The number of hydrogen-bond donors (Lipinski definition) is 1. The SMILES string of the molecule is CCCCc1nn(CC)c(-c2cccc(C)c2)c1O. The first-order chi connectivity index (χ1) is 9.17. The van der Waals surface area contributed by atoms with Crippen molar-refractivity contribution in [1.29, 1.82) is 0 Å². The van der Waals surface area contributed by atoms with Crippen molar-refractivity contribution in [2.24, 2.45) is 0 Å². The molecule has 102 valence electrons. The zero-order valence-electron chi connectivity index (χ0n) is 12.0. The van der Waals surface area contributed by atoms with Gasteiger partial charge in [0.25, 0.3) is 0 Å². The number of unbranched alkanes of at least 4 members (excludes halogenated alkanes) is 1. The van der Waals surface area contributed by atoms with Gasteiger partial charge in [-0.2, -0.15) is 5.10 Å². The monoisotopic (exact) mass is 258 g/mol. The van der Waals surface area contributed by atoms with Crippen LogP contribution < -0.4 is 0 Å². The molecule has 0 aliphatic rings. The summed E-state index contributed by atoms with van der Waals surface area (Å²) >= 11 is 0. The number of aromatic hydroxyl groups is 1. The van der Waals surface area contributed by atoms with Gasteiger partial charge in [0.2, 0.25) is 0 Å². The number of aryl methyl sites for hydroxylation is 3. The first kappa shape index (κ1) is 13.7. The Bertz CT molecular complexity index is 558. The van der Waals surface area contributed by atoms with E-state index in [1.165, 1.54) is 5.56 Å². The number of aromatic nitrogens is 2. The Labute approximate surface area is 114 Å². The highest BCUT2D eigenvalue weighted by Gasteiger charge is 2.17. The lowest BCUT2D eigenvalue weighted by Crippen LogP contribution is -2.00. The van der Waals surface area contributed by atoms with Crippen LogP contribution in [0.25, 0.3) is 11.3 Å². The Morgan fingerprint density at radius 1 is 1.26 bits per heavy atom. The van der Waals surface area contributed by atoms with Gasteiger partial charge in [-0.25, -0.2) is 0 Å². The molecule has 0 amide bonds. The van der Waals surface area contributed by atoms with E-state index in [4.69, 9.17) is 0 Å². The number of hydrogen-bond acceptors (Lipinski definition) is 2. The number of nitrogens with zero attached hydrogens (tertiary/aromatic N) is 2. The highest BCUT2D eigenvalue weighted by atomic mass is 16.3. The second-order valence-electron chi connectivity index (χ2n) is 4.93. The molecule has 19 heavy (non-hydrogen) atoms. The fraction of sp³-hybridized carbons (Fsp3) is 0.438. The minimum absolute atomic E-state index is 0.348. The molecule has 3 heteroatoms. The summed E-state index contributed by atoms with van der Waals surface area (Å²) < 4.78 is 1.90. The van der Waals surface area contributed by atoms with Crippen molar-refractivity contribution >= 4 is 0 Å². The minimum atomic E-state index is 0.348. The molecule has 0 bridgehead atoms. The second-order valence-corrected chi connectivity index (χ2v) is 4.93. The van der Waals surface area contributed by atoms with Crippen LogP contribution in [0.4, 0.5) is 0 Å². The predicted molar refractivity (Wildman–Crippen MR) is 78.4 cm³/mol. The van der Waals surface area contributed by atoms with Gasteiger partial charge < -0.3 is 5.11 Å². The number of rotatable bonds is 5. The Morgan fingerprint density at radius 3 is 2.68 bits per heavy atom. The predicted octanol–water partition coefficient (Wildman–Crippen LogP) is 3.93. The maximum absolute atomic E-state index is 10.4. The van der Waals surface area contributed by atoms with E-state index in [9.17, 15) is 5.11 Å². The molecule has 1 N–H and O–H groups in total. The summed E-state index contributed by atoms with van der Waals surface area (Å²) in [5.41, 5.74) is 3.89. The van der Waals surface area contributed by atoms with Gasteiger partial charge in [0.15, 0.2) is 5.75 Å². The van der Waals surface area contributed by atoms with Gasteiger partial charge in [0.05, 0.1) is 0 Å². The van der Waals surface area contributed by atoms with Crippen molar-refractivity contribution in [3.8, 4) is 17.0 Å². The van der Waals surface area contributed by atoms with Crippen LogP contribution in [0.15, 0.2) is 24.3 Å². The summed E-state index contributed by atoms with van der Waals surface area (Å²) in [7, 11) is 0. The summed E-state index contributed by atoms with van der Waals surface area (Å²) in [5.74, 6) is 0.348. The van der Waals surface area contributed by atoms with Gasteiger partial charge in [0, 0.05) is 12.1 Å². The standard InChI is InChI=1S/C16H22N2O/c1-4-6-10-14-16(19)15(18(5-2)17-14)13-9-7-8-12(3)11-13/h7-9,11,19H,4-6,10H2,1-3H3. The second kappa shape index (κ2) is 5.91. The third-order valence-electron chi connectivity index (χ3n) is 3.36. The van der Waals surface area contributed by atoms with E-state index >= 15 is 0 Å². The molecule has 0 atom stereocenters. The van der Waals surface area contributed by atoms with E-state index in [0.29, 0.717) is 5.75 Å². The van der Waals surface area contributed by atoms with Crippen molar-refractivity contribution in [3.63, 3.8) is 0 Å². The van der Waals surface area contributed by atoms with Gasteiger partial charge in [-0.1, -0.05) is 37.1 Å². The molecular formula is C16H22N2O. The van der Waals surface area contributed by atoms with E-state index in [1.54, 1.807) is 0 Å². The van der Waals surface area contributed by atoms with Gasteiger partial charge in [-0.15, -0.1) is 0 Å². The summed E-state index contributed by atoms with van der Waals surface area (Å²) in [6.07, 6.45) is 3.01. The van der Waals surface area contributed by atoms with Gasteiger partial charge in [0.1, 0.15) is 11.4 Å². The molecular weight excluding hydrogens is 236 g/mol. The van der Waals surface area contributed by atoms with Crippen molar-refractivity contribution in [3.05, 3.63) is 35.5 Å². The van der Waals surface area contributed by atoms with E-state index in [-0.39, 0.29) is 0 Å². The van der Waals surface area contributed by atoms with Gasteiger partial charge in [-0.05, 0) is 32.8 Å². The normalized spacial score (nSPS) is 10.9. The fourth-order valence-electron chi connectivity index (χ4n) is 2.32. The molecule has 1 heterocycles. The van der Waals surface area contributed by atoms with E-state index < -0.39 is 0 Å². The van der Waals surface area contributed by atoms with Crippen LogP contribution in [-0.4, -0.2) is 14.9 Å². The number of benzene rings is 1. The molecule has 3 nitrogen and oxygen atoms in total. The maximum atomic E-state index is 10.4. The molecule has 2 aromatic rings. The Kier molecular flexibility index (Phi) is 4.25. The van der Waals surface area contributed by atoms with Crippen LogP contribution in [0.5, 0.6) is 5.75 Å². The molecule has 2 rings (SSSR count). The van der Waals surface area contributed by atoms with Crippen LogP contribution >= 0.6 is 0 Å². The average molecular weight is 258 g/mol. The van der Waals surface area contributed by atoms with Crippen LogP contribution in [0.3, 0.4) is 0 Å². The fourth-order valence-corrected chi connectivity index (χ4v) is 2.32. The lowest BCUT2D eigenvalue weighted by Gasteiger charge is -2.06. The molecule has 0 radical (unpaired) electrons. The Balaban J connectivity index is 2.46. The molecule has 0 unspecified atom stereocenters. The zero-order valence-corrected chi connectivity index (χ0v) is 12.0. The van der Waals surface area contributed by atoms with E-state index in [0.717, 1.165) is 42.8 Å². The lowest BCUT2D eigenvalue weighted by atomic mass is 10.1. The molecule has 1 aromatic carbocycles. The van der Waals surface area contributed by atoms with Gasteiger partial charge in [-0.3, -0.25) is 4.68 Å². The molecule has 0 aliphatic carbocycles. The summed E-state index contributed by atoms with van der Waals surface area (Å²) in [6, 6.07) is 8.19. The van der Waals surface area contributed by atoms with Gasteiger partial charge >= 0.3 is 0 Å².